The van der Waals surface area contributed by atoms with Crippen LogP contribution < -0.4 is 0 Å². The molecule has 0 radical (unpaired) electrons. The third kappa shape index (κ3) is 2.02. The summed E-state index contributed by atoms with van der Waals surface area (Å²) >= 11 is 6.36. The highest BCUT2D eigenvalue weighted by Crippen LogP contribution is 2.26. The van der Waals surface area contributed by atoms with Crippen molar-refractivity contribution < 1.29 is 0 Å². The molecule has 0 saturated heterocycles. The molecule has 0 atom stereocenters. The van der Waals surface area contributed by atoms with Gasteiger partial charge < -0.3 is 0 Å². The maximum absolute atomic E-state index is 6.36. The fraction of sp³-hybridized carbons (Fsp3) is 0.125. The molecule has 22 heavy (non-hydrogen) atoms. The lowest BCUT2D eigenvalue weighted by molar-refractivity contribution is 0.868. The molecule has 1 aromatic carbocycles. The lowest BCUT2D eigenvalue weighted by atomic mass is 10.0. The molecule has 0 spiro atoms. The number of hydrogen-bond acceptors (Lipinski definition) is 4. The summed E-state index contributed by atoms with van der Waals surface area (Å²) in [4.78, 5) is 9.38. The van der Waals surface area contributed by atoms with Crippen molar-refractivity contribution >= 4 is 17.3 Å². The lowest BCUT2D eigenvalue weighted by Gasteiger charge is -2.11. The number of nitrogens with zero attached hydrogens (tertiary/aromatic N) is 5. The van der Waals surface area contributed by atoms with Gasteiger partial charge in [0.2, 0.25) is 0 Å². The highest BCUT2D eigenvalue weighted by atomic mass is 35.5. The van der Waals surface area contributed by atoms with Crippen LogP contribution >= 0.6 is 11.6 Å². The van der Waals surface area contributed by atoms with Crippen molar-refractivity contribution in [1.82, 2.24) is 19.7 Å². The molecule has 5 nitrogen and oxygen atoms in total. The smallest absolute Gasteiger partial charge is 0.159 e. The average Bonchev–Trinajstić information content (AvgIpc) is 2.92. The van der Waals surface area contributed by atoms with E-state index < -0.39 is 0 Å². The summed E-state index contributed by atoms with van der Waals surface area (Å²) in [5.74, 6) is 0.786. The van der Waals surface area contributed by atoms with E-state index >= 15 is 0 Å². The Bertz CT molecular complexity index is 897. The number of benzene rings is 1. The molecule has 3 aromatic rings. The Morgan fingerprint density at radius 3 is 2.86 bits per heavy atom. The normalized spacial score (nSPS) is 13.1. The van der Waals surface area contributed by atoms with Crippen LogP contribution in [0, 0.1) is 6.92 Å². The zero-order chi connectivity index (χ0) is 15.1. The highest BCUT2D eigenvalue weighted by Gasteiger charge is 2.22. The SMILES string of the molecule is Cc1ccc2c(n1)C(c1ccccc1Cl)=NCc1nncn1-2. The molecular weight excluding hydrogens is 298 g/mol. The first-order valence-electron chi connectivity index (χ1n) is 6.90. The summed E-state index contributed by atoms with van der Waals surface area (Å²) < 4.78 is 1.93. The molecule has 0 N–H and O–H groups in total. The number of aromatic nitrogens is 4. The second-order valence-corrected chi connectivity index (χ2v) is 5.49. The van der Waals surface area contributed by atoms with Gasteiger partial charge in [0.05, 0.1) is 16.4 Å². The predicted molar refractivity (Wildman–Crippen MR) is 84.7 cm³/mol. The first kappa shape index (κ1) is 13.2. The monoisotopic (exact) mass is 309 g/mol. The molecule has 0 amide bonds. The second-order valence-electron chi connectivity index (χ2n) is 5.08. The van der Waals surface area contributed by atoms with Crippen molar-refractivity contribution in [3.63, 3.8) is 0 Å². The van der Waals surface area contributed by atoms with Crippen LogP contribution in [-0.4, -0.2) is 25.5 Å². The molecule has 108 valence electrons. The van der Waals surface area contributed by atoms with Gasteiger partial charge in [0.25, 0.3) is 0 Å². The fourth-order valence-electron chi connectivity index (χ4n) is 2.58. The van der Waals surface area contributed by atoms with Gasteiger partial charge in [0.1, 0.15) is 18.6 Å². The Kier molecular flexibility index (Phi) is 3.01. The van der Waals surface area contributed by atoms with Crippen LogP contribution in [0.5, 0.6) is 0 Å². The van der Waals surface area contributed by atoms with Crippen LogP contribution in [0.4, 0.5) is 0 Å². The Morgan fingerprint density at radius 2 is 2.00 bits per heavy atom. The van der Waals surface area contributed by atoms with Crippen LogP contribution in [-0.2, 0) is 6.54 Å². The summed E-state index contributed by atoms with van der Waals surface area (Å²) in [7, 11) is 0. The van der Waals surface area contributed by atoms with Crippen molar-refractivity contribution in [1.29, 1.82) is 0 Å². The van der Waals surface area contributed by atoms with Crippen molar-refractivity contribution in [2.45, 2.75) is 13.5 Å². The third-order valence-corrected chi connectivity index (χ3v) is 3.95. The van der Waals surface area contributed by atoms with Gasteiger partial charge in [-0.15, -0.1) is 10.2 Å². The minimum atomic E-state index is 0.440. The van der Waals surface area contributed by atoms with Crippen molar-refractivity contribution in [3.8, 4) is 5.69 Å². The summed E-state index contributed by atoms with van der Waals surface area (Å²) in [6, 6.07) is 11.7. The minimum Gasteiger partial charge on any atom is -0.282 e. The molecule has 1 aliphatic heterocycles. The summed E-state index contributed by atoms with van der Waals surface area (Å²) in [6.45, 7) is 2.40. The number of halogens is 1. The van der Waals surface area contributed by atoms with Gasteiger partial charge >= 0.3 is 0 Å². The highest BCUT2D eigenvalue weighted by molar-refractivity contribution is 6.35. The average molecular weight is 310 g/mol. The summed E-state index contributed by atoms with van der Waals surface area (Å²) in [5.41, 5.74) is 4.31. The Hall–Kier alpha value is -2.53. The Labute approximate surface area is 132 Å². The van der Waals surface area contributed by atoms with Gasteiger partial charge in [-0.1, -0.05) is 29.8 Å². The van der Waals surface area contributed by atoms with E-state index in [-0.39, 0.29) is 0 Å². The Morgan fingerprint density at radius 1 is 1.14 bits per heavy atom. The molecular formula is C16H12ClN5. The first-order valence-corrected chi connectivity index (χ1v) is 7.28. The summed E-state index contributed by atoms with van der Waals surface area (Å²) in [5, 5.41) is 8.77. The molecule has 0 fully saturated rings. The van der Waals surface area contributed by atoms with E-state index in [0.29, 0.717) is 11.6 Å². The number of pyridine rings is 1. The van der Waals surface area contributed by atoms with Gasteiger partial charge in [0, 0.05) is 11.3 Å². The van der Waals surface area contributed by atoms with Gasteiger partial charge in [-0.3, -0.25) is 9.56 Å². The van der Waals surface area contributed by atoms with Crippen molar-refractivity contribution in [3.05, 3.63) is 70.5 Å². The lowest BCUT2D eigenvalue weighted by Crippen LogP contribution is -2.10. The predicted octanol–water partition coefficient (Wildman–Crippen LogP) is 2.98. The molecule has 0 saturated carbocycles. The van der Waals surface area contributed by atoms with Crippen molar-refractivity contribution in [2.24, 2.45) is 4.99 Å². The van der Waals surface area contributed by atoms with Crippen LogP contribution in [0.3, 0.4) is 0 Å². The standard InChI is InChI=1S/C16H12ClN5/c1-10-6-7-13-16(20-10)15(11-4-2-3-5-12(11)17)18-8-14-21-19-9-22(13)14/h2-7,9H,8H2,1H3. The van der Waals surface area contributed by atoms with E-state index in [1.54, 1.807) is 6.33 Å². The maximum Gasteiger partial charge on any atom is 0.159 e. The molecule has 1 aliphatic rings. The van der Waals surface area contributed by atoms with Crippen LogP contribution in [0.2, 0.25) is 5.02 Å². The van der Waals surface area contributed by atoms with Crippen molar-refractivity contribution in [2.75, 3.05) is 0 Å². The number of rotatable bonds is 1. The minimum absolute atomic E-state index is 0.440. The molecule has 2 aromatic heterocycles. The first-order chi connectivity index (χ1) is 10.7. The molecule has 0 aliphatic carbocycles. The van der Waals surface area contributed by atoms with Crippen LogP contribution in [0.25, 0.3) is 5.69 Å². The van der Waals surface area contributed by atoms with E-state index in [9.17, 15) is 0 Å². The molecule has 6 heteroatoms. The van der Waals surface area contributed by atoms with E-state index in [1.165, 1.54) is 0 Å². The van der Waals surface area contributed by atoms with Crippen LogP contribution in [0.1, 0.15) is 22.8 Å². The quantitative estimate of drug-likeness (QED) is 0.694. The van der Waals surface area contributed by atoms with Gasteiger partial charge in [-0.2, -0.15) is 0 Å². The zero-order valence-corrected chi connectivity index (χ0v) is 12.6. The second kappa shape index (κ2) is 5.03. The van der Waals surface area contributed by atoms with Gasteiger partial charge in [0.15, 0.2) is 5.82 Å². The number of aliphatic imine (C=N–C) groups is 1. The van der Waals surface area contributed by atoms with E-state index in [0.717, 1.165) is 34.2 Å². The Balaban J connectivity index is 2.01. The van der Waals surface area contributed by atoms with E-state index in [1.807, 2.05) is 47.9 Å². The molecule has 3 heterocycles. The molecule has 4 rings (SSSR count). The largest absolute Gasteiger partial charge is 0.282 e. The zero-order valence-electron chi connectivity index (χ0n) is 11.9. The fourth-order valence-corrected chi connectivity index (χ4v) is 2.80. The molecule has 0 unspecified atom stereocenters. The maximum atomic E-state index is 6.36. The summed E-state index contributed by atoms with van der Waals surface area (Å²) in [6.07, 6.45) is 1.69. The van der Waals surface area contributed by atoms with E-state index in [2.05, 4.69) is 15.2 Å². The van der Waals surface area contributed by atoms with Crippen LogP contribution in [0.15, 0.2) is 47.7 Å². The van der Waals surface area contributed by atoms with E-state index in [4.69, 9.17) is 16.6 Å². The number of hydrogen-bond donors (Lipinski definition) is 0. The third-order valence-electron chi connectivity index (χ3n) is 3.62. The van der Waals surface area contributed by atoms with Gasteiger partial charge in [-0.25, -0.2) is 4.98 Å². The molecule has 0 bridgehead atoms. The van der Waals surface area contributed by atoms with Gasteiger partial charge in [-0.05, 0) is 25.1 Å². The number of fused-ring (bicyclic) bond motifs is 3. The number of aryl methyl sites for hydroxylation is 1. The topological polar surface area (TPSA) is 56.0 Å².